The van der Waals surface area contributed by atoms with Crippen molar-refractivity contribution in [2.24, 2.45) is 10.2 Å². The van der Waals surface area contributed by atoms with Gasteiger partial charge in [-0.1, -0.05) is 0 Å². The van der Waals surface area contributed by atoms with E-state index in [-0.39, 0.29) is 22.6 Å². The van der Waals surface area contributed by atoms with E-state index >= 15 is 0 Å². The summed E-state index contributed by atoms with van der Waals surface area (Å²) in [5, 5.41) is 18.8. The second-order valence-electron chi connectivity index (χ2n) is 5.23. The molecule has 0 aliphatic heterocycles. The van der Waals surface area contributed by atoms with Gasteiger partial charge in [-0.25, -0.2) is 4.98 Å². The molecule has 9 nitrogen and oxygen atoms in total. The number of azo groups is 1. The van der Waals surface area contributed by atoms with E-state index in [0.717, 1.165) is 28.8 Å². The summed E-state index contributed by atoms with van der Waals surface area (Å²) >= 11 is 0.857. The van der Waals surface area contributed by atoms with Crippen LogP contribution in [0.1, 0.15) is 19.4 Å². The first-order chi connectivity index (χ1) is 12.4. The zero-order chi connectivity index (χ0) is 19.1. The van der Waals surface area contributed by atoms with Gasteiger partial charge in [0, 0.05) is 12.2 Å². The smallest absolute Gasteiger partial charge is 0.345 e. The van der Waals surface area contributed by atoms with Crippen LogP contribution in [-0.4, -0.2) is 35.6 Å². The highest BCUT2D eigenvalue weighted by Crippen LogP contribution is 2.30. The molecular weight excluding hydrogens is 358 g/mol. The Labute approximate surface area is 154 Å². The number of ether oxygens (including phenoxy) is 1. The van der Waals surface area contributed by atoms with Crippen molar-refractivity contribution in [3.8, 4) is 0 Å². The van der Waals surface area contributed by atoms with Gasteiger partial charge in [-0.05, 0) is 55.9 Å². The topological polar surface area (TPSA) is 110 Å². The molecule has 0 aliphatic carbocycles. The quantitative estimate of drug-likeness (QED) is 0.295. The zero-order valence-electron chi connectivity index (χ0n) is 14.7. The molecule has 0 bridgehead atoms. The van der Waals surface area contributed by atoms with Crippen LogP contribution < -0.4 is 4.90 Å². The SMILES string of the molecule is CCOC(=O)CN(CC)c1ccc(N=Nc2ncc([N+](=O)[O-])s2)cc1C. The summed E-state index contributed by atoms with van der Waals surface area (Å²) in [7, 11) is 0. The number of anilines is 1. The highest BCUT2D eigenvalue weighted by molar-refractivity contribution is 7.18. The molecule has 10 heteroatoms. The zero-order valence-corrected chi connectivity index (χ0v) is 15.5. The van der Waals surface area contributed by atoms with E-state index in [0.29, 0.717) is 18.8 Å². The molecule has 26 heavy (non-hydrogen) atoms. The summed E-state index contributed by atoms with van der Waals surface area (Å²) in [6, 6.07) is 5.45. The van der Waals surface area contributed by atoms with Gasteiger partial charge in [-0.2, -0.15) is 0 Å². The van der Waals surface area contributed by atoms with Gasteiger partial charge in [0.05, 0.1) is 17.2 Å². The second kappa shape index (κ2) is 8.99. The molecular formula is C16H19N5O4S. The Bertz CT molecular complexity index is 821. The van der Waals surface area contributed by atoms with Crippen molar-refractivity contribution >= 4 is 38.8 Å². The fraction of sp³-hybridized carbons (Fsp3) is 0.375. The van der Waals surface area contributed by atoms with Crippen molar-refractivity contribution < 1.29 is 14.5 Å². The van der Waals surface area contributed by atoms with Crippen molar-refractivity contribution in [2.45, 2.75) is 20.8 Å². The van der Waals surface area contributed by atoms with E-state index in [1.807, 2.05) is 30.9 Å². The number of nitro groups is 1. The number of thiazole rings is 1. The molecule has 0 atom stereocenters. The maximum Gasteiger partial charge on any atom is 0.345 e. The molecule has 0 amide bonds. The van der Waals surface area contributed by atoms with Crippen LogP contribution in [0.2, 0.25) is 0 Å². The number of aryl methyl sites for hydroxylation is 1. The van der Waals surface area contributed by atoms with Gasteiger partial charge in [0.1, 0.15) is 12.7 Å². The van der Waals surface area contributed by atoms with E-state index < -0.39 is 4.92 Å². The summed E-state index contributed by atoms with van der Waals surface area (Å²) in [6.45, 7) is 6.83. The summed E-state index contributed by atoms with van der Waals surface area (Å²) < 4.78 is 5.00. The van der Waals surface area contributed by atoms with Crippen LogP contribution in [0, 0.1) is 17.0 Å². The molecule has 1 aromatic heterocycles. The Hall–Kier alpha value is -2.88. The Morgan fingerprint density at radius 2 is 2.15 bits per heavy atom. The number of hydrogen-bond acceptors (Lipinski definition) is 9. The van der Waals surface area contributed by atoms with E-state index in [9.17, 15) is 14.9 Å². The summed E-state index contributed by atoms with van der Waals surface area (Å²) in [4.78, 5) is 27.6. The number of hydrogen-bond donors (Lipinski definition) is 0. The van der Waals surface area contributed by atoms with Gasteiger partial charge in [-0.15, -0.1) is 10.2 Å². The fourth-order valence-corrected chi connectivity index (χ4v) is 2.83. The molecule has 0 radical (unpaired) electrons. The average molecular weight is 377 g/mol. The molecule has 0 aliphatic rings. The molecule has 0 spiro atoms. The van der Waals surface area contributed by atoms with Gasteiger partial charge in [0.2, 0.25) is 5.13 Å². The first kappa shape index (κ1) is 19.4. The lowest BCUT2D eigenvalue weighted by Crippen LogP contribution is -2.31. The Kier molecular flexibility index (Phi) is 6.73. The van der Waals surface area contributed by atoms with E-state index in [2.05, 4.69) is 15.2 Å². The predicted molar refractivity (Wildman–Crippen MR) is 98.6 cm³/mol. The molecule has 1 aromatic carbocycles. The van der Waals surface area contributed by atoms with Crippen molar-refractivity contribution in [3.05, 3.63) is 40.1 Å². The lowest BCUT2D eigenvalue weighted by Gasteiger charge is -2.23. The van der Waals surface area contributed by atoms with Crippen LogP contribution in [0.4, 0.5) is 21.5 Å². The molecule has 0 saturated carbocycles. The number of esters is 1. The van der Waals surface area contributed by atoms with Crippen molar-refractivity contribution in [3.63, 3.8) is 0 Å². The lowest BCUT2D eigenvalue weighted by atomic mass is 10.1. The molecule has 2 rings (SSSR count). The maximum atomic E-state index is 11.7. The van der Waals surface area contributed by atoms with Crippen LogP contribution in [0.25, 0.3) is 0 Å². The van der Waals surface area contributed by atoms with Gasteiger partial charge in [0.25, 0.3) is 0 Å². The molecule has 0 fully saturated rings. The Morgan fingerprint density at radius 3 is 2.73 bits per heavy atom. The third-order valence-corrected chi connectivity index (χ3v) is 4.27. The van der Waals surface area contributed by atoms with Crippen LogP contribution in [0.3, 0.4) is 0 Å². The van der Waals surface area contributed by atoms with Crippen molar-refractivity contribution in [2.75, 3.05) is 24.6 Å². The maximum absolute atomic E-state index is 11.7. The lowest BCUT2D eigenvalue weighted by molar-refractivity contribution is -0.380. The standard InChI is InChI=1S/C16H19N5O4S/c1-4-20(10-15(22)25-5-2)13-7-6-12(8-11(13)3)18-19-16-17-9-14(26-16)21(23)24/h6-9H,4-5,10H2,1-3H3. The van der Waals surface area contributed by atoms with Crippen molar-refractivity contribution in [1.29, 1.82) is 0 Å². The van der Waals surface area contributed by atoms with Gasteiger partial charge < -0.3 is 9.64 Å². The van der Waals surface area contributed by atoms with Crippen molar-refractivity contribution in [1.82, 2.24) is 4.98 Å². The normalized spacial score (nSPS) is 10.9. The van der Waals surface area contributed by atoms with E-state index in [1.54, 1.807) is 13.0 Å². The summed E-state index contributed by atoms with van der Waals surface area (Å²) in [5.74, 6) is -0.275. The van der Waals surface area contributed by atoms with E-state index in [1.165, 1.54) is 0 Å². The monoisotopic (exact) mass is 377 g/mol. The molecule has 138 valence electrons. The average Bonchev–Trinajstić information content (AvgIpc) is 3.08. The highest BCUT2D eigenvalue weighted by Gasteiger charge is 2.13. The van der Waals surface area contributed by atoms with E-state index in [4.69, 9.17) is 4.74 Å². The minimum absolute atomic E-state index is 0.0805. The number of aromatic nitrogens is 1. The number of carbonyl (C=O) groups excluding carboxylic acids is 1. The number of benzene rings is 1. The largest absolute Gasteiger partial charge is 0.465 e. The minimum Gasteiger partial charge on any atom is -0.465 e. The molecule has 0 N–H and O–H groups in total. The molecule has 0 unspecified atom stereocenters. The Morgan fingerprint density at radius 1 is 1.38 bits per heavy atom. The summed E-state index contributed by atoms with van der Waals surface area (Å²) in [5.41, 5.74) is 2.43. The Balaban J connectivity index is 2.13. The number of carbonyl (C=O) groups is 1. The minimum atomic E-state index is -0.515. The van der Waals surface area contributed by atoms with Gasteiger partial charge in [0.15, 0.2) is 0 Å². The predicted octanol–water partition coefficient (Wildman–Crippen LogP) is 4.16. The number of likely N-dealkylation sites (N-methyl/N-ethyl adjacent to an activating group) is 1. The first-order valence-electron chi connectivity index (χ1n) is 7.97. The third kappa shape index (κ3) is 5.06. The van der Waals surface area contributed by atoms with Crippen LogP contribution in [0.15, 0.2) is 34.6 Å². The molecule has 2 aromatic rings. The van der Waals surface area contributed by atoms with Crippen LogP contribution in [0.5, 0.6) is 0 Å². The molecule has 0 saturated heterocycles. The van der Waals surface area contributed by atoms with Crippen LogP contribution >= 0.6 is 11.3 Å². The second-order valence-corrected chi connectivity index (χ2v) is 6.22. The van der Waals surface area contributed by atoms with Crippen LogP contribution in [-0.2, 0) is 9.53 Å². The summed E-state index contributed by atoms with van der Waals surface area (Å²) in [6.07, 6.45) is 1.15. The van der Waals surface area contributed by atoms with Gasteiger partial charge >= 0.3 is 11.0 Å². The van der Waals surface area contributed by atoms with Gasteiger partial charge in [-0.3, -0.25) is 14.9 Å². The number of nitrogens with zero attached hydrogens (tertiary/aromatic N) is 5. The highest BCUT2D eigenvalue weighted by atomic mass is 32.1. The third-order valence-electron chi connectivity index (χ3n) is 3.44. The first-order valence-corrected chi connectivity index (χ1v) is 8.79. The number of rotatable bonds is 8. The molecule has 1 heterocycles. The fourth-order valence-electron chi connectivity index (χ4n) is 2.27.